The van der Waals surface area contributed by atoms with E-state index >= 15 is 0 Å². The number of aliphatic hydroxyl groups is 1. The third kappa shape index (κ3) is 9.33. The zero-order valence-corrected chi connectivity index (χ0v) is 21.8. The molecule has 34 heavy (non-hydrogen) atoms. The summed E-state index contributed by atoms with van der Waals surface area (Å²) in [4.78, 5) is 40.9. The molecule has 0 radical (unpaired) electrons. The molecule has 0 aliphatic rings. The Kier molecular flexibility index (Phi) is 12.1. The molecule has 3 N–H and O–H groups in total. The van der Waals surface area contributed by atoms with Gasteiger partial charge in [0.2, 0.25) is 11.8 Å². The highest BCUT2D eigenvalue weighted by atomic mass is 16.6. The van der Waals surface area contributed by atoms with E-state index in [1.54, 1.807) is 20.8 Å². The summed E-state index contributed by atoms with van der Waals surface area (Å²) in [7, 11) is 0. The highest BCUT2D eigenvalue weighted by Gasteiger charge is 2.38. The van der Waals surface area contributed by atoms with Crippen LogP contribution in [0.2, 0.25) is 0 Å². The average molecular weight is 478 g/mol. The topological polar surface area (TPSA) is 108 Å². The molecule has 0 spiro atoms. The summed E-state index contributed by atoms with van der Waals surface area (Å²) < 4.78 is 5.26. The average Bonchev–Trinajstić information content (AvgIpc) is 2.76. The number of unbranched alkanes of at least 4 members (excludes halogenated alkanes) is 2. The van der Waals surface area contributed by atoms with E-state index in [2.05, 4.69) is 17.6 Å². The van der Waals surface area contributed by atoms with Crippen LogP contribution in [0.4, 0.5) is 4.79 Å². The Morgan fingerprint density at radius 3 is 2.35 bits per heavy atom. The first-order valence-electron chi connectivity index (χ1n) is 12.2. The molecule has 1 rings (SSSR count). The predicted octanol–water partition coefficient (Wildman–Crippen LogP) is 3.86. The lowest BCUT2D eigenvalue weighted by Crippen LogP contribution is -2.56. The summed E-state index contributed by atoms with van der Waals surface area (Å²) in [5, 5.41) is 15.4. The van der Waals surface area contributed by atoms with E-state index in [9.17, 15) is 19.5 Å². The van der Waals surface area contributed by atoms with Crippen LogP contribution in [0.15, 0.2) is 24.3 Å². The van der Waals surface area contributed by atoms with Gasteiger partial charge in [0.15, 0.2) is 0 Å². The number of ether oxygens (including phenoxy) is 1. The molecule has 1 aromatic rings. The SMILES string of the molecule is CCCCCNC(=O)C(c1cccc(C)c1)N(C(=O)C(CO)NC(=O)OC(C)(C)C)C(C)CC. The van der Waals surface area contributed by atoms with Crippen molar-refractivity contribution >= 4 is 17.9 Å². The maximum absolute atomic E-state index is 13.7. The summed E-state index contributed by atoms with van der Waals surface area (Å²) in [5.74, 6) is -0.831. The molecule has 0 saturated carbocycles. The summed E-state index contributed by atoms with van der Waals surface area (Å²) in [5.41, 5.74) is 0.880. The molecule has 0 fully saturated rings. The second-order valence-corrected chi connectivity index (χ2v) is 9.70. The fourth-order valence-electron chi connectivity index (χ4n) is 3.57. The second-order valence-electron chi connectivity index (χ2n) is 9.70. The molecule has 0 bridgehead atoms. The zero-order valence-electron chi connectivity index (χ0n) is 21.8. The van der Waals surface area contributed by atoms with E-state index in [4.69, 9.17) is 4.74 Å². The zero-order chi connectivity index (χ0) is 25.9. The molecular weight excluding hydrogens is 434 g/mol. The van der Waals surface area contributed by atoms with Gasteiger partial charge in [-0.2, -0.15) is 0 Å². The van der Waals surface area contributed by atoms with E-state index < -0.39 is 36.3 Å². The van der Waals surface area contributed by atoms with Gasteiger partial charge in [0.05, 0.1) is 6.61 Å². The molecular formula is C26H43N3O5. The molecule has 0 heterocycles. The van der Waals surface area contributed by atoms with Crippen LogP contribution < -0.4 is 10.6 Å². The Balaban J connectivity index is 3.34. The van der Waals surface area contributed by atoms with E-state index in [-0.39, 0.29) is 11.9 Å². The Labute approximate surface area is 204 Å². The number of aliphatic hydroxyl groups excluding tert-OH is 1. The number of benzene rings is 1. The minimum absolute atomic E-state index is 0.288. The monoisotopic (exact) mass is 477 g/mol. The minimum Gasteiger partial charge on any atom is -0.444 e. The summed E-state index contributed by atoms with van der Waals surface area (Å²) in [6.07, 6.45) is 2.65. The van der Waals surface area contributed by atoms with E-state index in [1.165, 1.54) is 4.90 Å². The van der Waals surface area contributed by atoms with E-state index in [0.717, 1.165) is 24.8 Å². The number of carbonyl (C=O) groups excluding carboxylic acids is 3. The van der Waals surface area contributed by atoms with Gasteiger partial charge in [0, 0.05) is 12.6 Å². The molecule has 0 saturated heterocycles. The van der Waals surface area contributed by atoms with Crippen LogP contribution in [0.5, 0.6) is 0 Å². The normalized spacial score (nSPS) is 14.0. The first-order valence-corrected chi connectivity index (χ1v) is 12.2. The van der Waals surface area contributed by atoms with Gasteiger partial charge < -0.3 is 25.4 Å². The van der Waals surface area contributed by atoms with Crippen molar-refractivity contribution in [2.45, 2.75) is 97.9 Å². The number of alkyl carbamates (subject to hydrolysis) is 1. The lowest BCUT2D eigenvalue weighted by atomic mass is 9.98. The molecule has 3 amide bonds. The highest BCUT2D eigenvalue weighted by molar-refractivity contribution is 5.92. The number of nitrogens with one attached hydrogen (secondary N) is 2. The summed E-state index contributed by atoms with van der Waals surface area (Å²) in [6.45, 7) is 12.8. The Bertz CT molecular complexity index is 806. The van der Waals surface area contributed by atoms with Gasteiger partial charge in [0.25, 0.3) is 0 Å². The van der Waals surface area contributed by atoms with Crippen LogP contribution in [0.3, 0.4) is 0 Å². The molecule has 0 aliphatic carbocycles. The lowest BCUT2D eigenvalue weighted by molar-refractivity contribution is -0.145. The molecule has 192 valence electrons. The maximum Gasteiger partial charge on any atom is 0.408 e. The fraction of sp³-hybridized carbons (Fsp3) is 0.654. The number of carbonyl (C=O) groups is 3. The van der Waals surface area contributed by atoms with Crippen LogP contribution in [0.25, 0.3) is 0 Å². The van der Waals surface area contributed by atoms with Crippen LogP contribution in [-0.4, -0.2) is 58.8 Å². The van der Waals surface area contributed by atoms with Crippen molar-refractivity contribution in [2.75, 3.05) is 13.2 Å². The van der Waals surface area contributed by atoms with E-state index in [1.807, 2.05) is 45.0 Å². The van der Waals surface area contributed by atoms with Crippen molar-refractivity contribution in [3.05, 3.63) is 35.4 Å². The quantitative estimate of drug-likeness (QED) is 0.396. The second kappa shape index (κ2) is 13.9. The highest BCUT2D eigenvalue weighted by Crippen LogP contribution is 2.27. The molecule has 1 aromatic carbocycles. The van der Waals surface area contributed by atoms with Gasteiger partial charge in [-0.25, -0.2) is 4.79 Å². The number of amides is 3. The van der Waals surface area contributed by atoms with Crippen LogP contribution in [-0.2, 0) is 14.3 Å². The first kappa shape index (κ1) is 29.4. The molecule has 8 nitrogen and oxygen atoms in total. The van der Waals surface area contributed by atoms with Gasteiger partial charge in [0.1, 0.15) is 17.7 Å². The van der Waals surface area contributed by atoms with Gasteiger partial charge in [-0.15, -0.1) is 0 Å². The van der Waals surface area contributed by atoms with Crippen molar-refractivity contribution in [3.8, 4) is 0 Å². The van der Waals surface area contributed by atoms with Crippen molar-refractivity contribution in [3.63, 3.8) is 0 Å². The molecule has 3 unspecified atom stereocenters. The Morgan fingerprint density at radius 2 is 1.82 bits per heavy atom. The largest absolute Gasteiger partial charge is 0.444 e. The van der Waals surface area contributed by atoms with Crippen molar-refractivity contribution < 1.29 is 24.2 Å². The standard InChI is InChI=1S/C26H43N3O5/c1-8-10-11-15-27-23(31)22(20-14-12-13-18(3)16-20)29(19(4)9-2)24(32)21(17-30)28-25(33)34-26(5,6)7/h12-14,16,19,21-22,30H,8-11,15,17H2,1-7H3,(H,27,31)(H,28,33). The summed E-state index contributed by atoms with van der Waals surface area (Å²) >= 11 is 0. The number of hydrogen-bond acceptors (Lipinski definition) is 5. The van der Waals surface area contributed by atoms with Crippen LogP contribution in [0, 0.1) is 6.92 Å². The smallest absolute Gasteiger partial charge is 0.408 e. The first-order chi connectivity index (χ1) is 15.9. The van der Waals surface area contributed by atoms with Crippen molar-refractivity contribution in [1.29, 1.82) is 0 Å². The van der Waals surface area contributed by atoms with Gasteiger partial charge >= 0.3 is 6.09 Å². The van der Waals surface area contributed by atoms with Crippen molar-refractivity contribution in [1.82, 2.24) is 15.5 Å². The maximum atomic E-state index is 13.7. The third-order valence-corrected chi connectivity index (χ3v) is 5.46. The van der Waals surface area contributed by atoms with Gasteiger partial charge in [-0.1, -0.05) is 56.5 Å². The van der Waals surface area contributed by atoms with Crippen LogP contribution >= 0.6 is 0 Å². The van der Waals surface area contributed by atoms with Crippen LogP contribution in [0.1, 0.15) is 84.4 Å². The fourth-order valence-corrected chi connectivity index (χ4v) is 3.57. The van der Waals surface area contributed by atoms with Gasteiger partial charge in [-0.05, 0) is 53.0 Å². The predicted molar refractivity (Wildman–Crippen MR) is 133 cm³/mol. The minimum atomic E-state index is -1.25. The number of aryl methyl sites for hydroxylation is 1. The molecule has 8 heteroatoms. The van der Waals surface area contributed by atoms with Crippen molar-refractivity contribution in [2.24, 2.45) is 0 Å². The summed E-state index contributed by atoms with van der Waals surface area (Å²) in [6, 6.07) is 5.01. The Morgan fingerprint density at radius 1 is 1.15 bits per heavy atom. The third-order valence-electron chi connectivity index (χ3n) is 5.46. The number of rotatable bonds is 12. The number of nitrogens with zero attached hydrogens (tertiary/aromatic N) is 1. The lowest BCUT2D eigenvalue weighted by Gasteiger charge is -2.38. The van der Waals surface area contributed by atoms with Gasteiger partial charge in [-0.3, -0.25) is 9.59 Å². The molecule has 3 atom stereocenters. The number of hydrogen-bond donors (Lipinski definition) is 3. The molecule has 0 aliphatic heterocycles. The van der Waals surface area contributed by atoms with E-state index in [0.29, 0.717) is 18.5 Å². The molecule has 0 aromatic heterocycles. The Hall–Kier alpha value is -2.61.